The third kappa shape index (κ3) is 13.6. The second-order valence-corrected chi connectivity index (χ2v) is 16.7. The fourth-order valence-electron chi connectivity index (χ4n) is 7.99. The minimum absolute atomic E-state index is 0.0391. The van der Waals surface area contributed by atoms with E-state index >= 15 is 0 Å². The van der Waals surface area contributed by atoms with Gasteiger partial charge in [-0.2, -0.15) is 0 Å². The van der Waals surface area contributed by atoms with Gasteiger partial charge in [0.1, 0.15) is 29.8 Å². The van der Waals surface area contributed by atoms with E-state index in [0.717, 1.165) is 30.6 Å². The molecule has 4 heterocycles. The third-order valence-corrected chi connectivity index (χ3v) is 11.9. The van der Waals surface area contributed by atoms with E-state index in [0.29, 0.717) is 125 Å². The molecule has 372 valence electrons. The molecular formula is C48H55ClFN9O11. The van der Waals surface area contributed by atoms with Gasteiger partial charge in [0.25, 0.3) is 11.8 Å². The number of anilines is 4. The standard InChI is InChI=1S/C48H55ClFN9O11/c1-2-41(60)55-38-28-33-37(52-30-53-45(33)54-31-7-8-35(50)34(49)27-31)29-40(38)70-18-4-13-57-14-16-58(17-15-57)43(62)11-19-66-21-23-68-25-26-69-24-22-67-20-12-51-36-6-3-5-32-44(36)48(65)59(47(32)64)39-9-10-42(61)56-46(39)63/h2-3,5-8,27-30,39,51H,1,4,9-26H2,(H,55,60)(H,52,53,54)(H,56,61,63). The highest BCUT2D eigenvalue weighted by atomic mass is 35.5. The minimum atomic E-state index is -1.03. The van der Waals surface area contributed by atoms with Gasteiger partial charge >= 0.3 is 0 Å². The number of carbonyl (C=O) groups excluding carboxylic acids is 6. The van der Waals surface area contributed by atoms with E-state index in [1.165, 1.54) is 24.5 Å². The summed E-state index contributed by atoms with van der Waals surface area (Å²) < 4.78 is 42.2. The molecule has 4 aromatic rings. The molecule has 0 aliphatic carbocycles. The summed E-state index contributed by atoms with van der Waals surface area (Å²) in [4.78, 5) is 89.1. The lowest BCUT2D eigenvalue weighted by atomic mass is 10.0. The molecule has 3 aromatic carbocycles. The Morgan fingerprint density at radius 2 is 1.59 bits per heavy atom. The first kappa shape index (κ1) is 51.2. The molecule has 7 rings (SSSR count). The highest BCUT2D eigenvalue weighted by Gasteiger charge is 2.45. The number of nitrogens with one attached hydrogen (secondary N) is 4. The summed E-state index contributed by atoms with van der Waals surface area (Å²) in [6, 6.07) is 11.5. The molecule has 0 spiro atoms. The number of piperidine rings is 1. The fourth-order valence-corrected chi connectivity index (χ4v) is 8.17. The number of piperazine rings is 1. The molecule has 22 heteroatoms. The minimum Gasteiger partial charge on any atom is -0.491 e. The largest absolute Gasteiger partial charge is 0.491 e. The summed E-state index contributed by atoms with van der Waals surface area (Å²) in [5.41, 5.74) is 2.34. The van der Waals surface area contributed by atoms with Crippen LogP contribution in [0.5, 0.6) is 5.75 Å². The number of aromatic nitrogens is 2. The fraction of sp³-hybridized carbons (Fsp3) is 0.417. The molecule has 70 heavy (non-hydrogen) atoms. The lowest BCUT2D eigenvalue weighted by molar-refractivity contribution is -0.136. The van der Waals surface area contributed by atoms with Crippen LogP contribution in [0.3, 0.4) is 0 Å². The van der Waals surface area contributed by atoms with Gasteiger partial charge in [0, 0.05) is 68.5 Å². The van der Waals surface area contributed by atoms with Crippen molar-refractivity contribution in [1.29, 1.82) is 0 Å². The maximum absolute atomic E-state index is 13.7. The van der Waals surface area contributed by atoms with E-state index in [9.17, 15) is 33.2 Å². The molecule has 6 amide bonds. The van der Waals surface area contributed by atoms with Gasteiger partial charge in [-0.05, 0) is 55.3 Å². The van der Waals surface area contributed by atoms with Gasteiger partial charge in [0.2, 0.25) is 23.6 Å². The number of rotatable bonds is 26. The average Bonchev–Trinajstić information content (AvgIpc) is 3.61. The Bertz CT molecular complexity index is 2560. The third-order valence-electron chi connectivity index (χ3n) is 11.6. The lowest BCUT2D eigenvalue weighted by Gasteiger charge is -2.34. The summed E-state index contributed by atoms with van der Waals surface area (Å²) in [6.45, 7) is 10.4. The molecular weight excluding hydrogens is 933 g/mol. The molecule has 2 fully saturated rings. The summed E-state index contributed by atoms with van der Waals surface area (Å²) in [7, 11) is 0. The monoisotopic (exact) mass is 987 g/mol. The van der Waals surface area contributed by atoms with E-state index in [4.69, 9.17) is 35.3 Å². The molecule has 3 aliphatic heterocycles. The number of hydrogen-bond acceptors (Lipinski definition) is 16. The van der Waals surface area contributed by atoms with Crippen LogP contribution >= 0.6 is 11.6 Å². The summed E-state index contributed by atoms with van der Waals surface area (Å²) >= 11 is 5.96. The Balaban J connectivity index is 0.697. The lowest BCUT2D eigenvalue weighted by Crippen LogP contribution is -2.54. The van der Waals surface area contributed by atoms with E-state index in [1.807, 2.05) is 4.90 Å². The molecule has 2 saturated heterocycles. The molecule has 1 unspecified atom stereocenters. The molecule has 0 radical (unpaired) electrons. The molecule has 0 bridgehead atoms. The van der Waals surface area contributed by atoms with Crippen LogP contribution in [0.15, 0.2) is 67.5 Å². The Morgan fingerprint density at radius 1 is 0.857 bits per heavy atom. The summed E-state index contributed by atoms with van der Waals surface area (Å²) in [5.74, 6) is -2.30. The molecule has 4 N–H and O–H groups in total. The zero-order chi connectivity index (χ0) is 49.4. The topological polar surface area (TPSA) is 232 Å². The Kier molecular flexibility index (Phi) is 18.5. The van der Waals surface area contributed by atoms with Crippen molar-refractivity contribution in [1.82, 2.24) is 30.0 Å². The molecule has 1 atom stereocenters. The van der Waals surface area contributed by atoms with Gasteiger partial charge < -0.3 is 44.5 Å². The predicted octanol–water partition coefficient (Wildman–Crippen LogP) is 4.17. The van der Waals surface area contributed by atoms with Crippen LogP contribution < -0.4 is 26.0 Å². The average molecular weight is 988 g/mol. The van der Waals surface area contributed by atoms with Gasteiger partial charge in [0.05, 0.1) is 93.2 Å². The van der Waals surface area contributed by atoms with Crippen LogP contribution in [0.1, 0.15) is 46.4 Å². The van der Waals surface area contributed by atoms with Crippen LogP contribution in [0, 0.1) is 5.82 Å². The highest BCUT2D eigenvalue weighted by Crippen LogP contribution is 2.35. The van der Waals surface area contributed by atoms with Crippen LogP contribution in [0.4, 0.5) is 27.3 Å². The van der Waals surface area contributed by atoms with Gasteiger partial charge in [-0.3, -0.25) is 43.9 Å². The number of fused-ring (bicyclic) bond motifs is 2. The molecule has 3 aliphatic rings. The number of halogens is 2. The number of nitrogens with zero attached hydrogens (tertiary/aromatic N) is 5. The first-order chi connectivity index (χ1) is 34.0. The predicted molar refractivity (Wildman–Crippen MR) is 256 cm³/mol. The quantitative estimate of drug-likeness (QED) is 0.0393. The van der Waals surface area contributed by atoms with Crippen molar-refractivity contribution >= 4 is 80.8 Å². The number of carbonyl (C=O) groups is 6. The molecule has 1 aromatic heterocycles. The van der Waals surface area contributed by atoms with Crippen molar-refractivity contribution in [2.45, 2.75) is 31.7 Å². The normalized spacial score (nSPS) is 16.1. The van der Waals surface area contributed by atoms with Crippen molar-refractivity contribution in [3.8, 4) is 5.75 Å². The maximum Gasteiger partial charge on any atom is 0.264 e. The number of ether oxygens (including phenoxy) is 5. The van der Waals surface area contributed by atoms with Crippen LogP contribution in [0.25, 0.3) is 10.9 Å². The molecule has 20 nitrogen and oxygen atoms in total. The highest BCUT2D eigenvalue weighted by molar-refractivity contribution is 6.31. The van der Waals surface area contributed by atoms with Crippen LogP contribution in [-0.4, -0.2) is 165 Å². The van der Waals surface area contributed by atoms with Crippen molar-refractivity contribution in [2.24, 2.45) is 0 Å². The van der Waals surface area contributed by atoms with E-state index in [2.05, 4.69) is 42.7 Å². The zero-order valence-corrected chi connectivity index (χ0v) is 39.2. The maximum atomic E-state index is 13.7. The Morgan fingerprint density at radius 3 is 2.30 bits per heavy atom. The van der Waals surface area contributed by atoms with Crippen LogP contribution in [0.2, 0.25) is 5.02 Å². The summed E-state index contributed by atoms with van der Waals surface area (Å²) in [6.07, 6.45) is 3.66. The Hall–Kier alpha value is -6.62. The van der Waals surface area contributed by atoms with E-state index < -0.39 is 41.4 Å². The SMILES string of the molecule is C=CC(=O)Nc1cc2c(Nc3ccc(F)c(Cl)c3)ncnc2cc1OCCCN1CCN(C(=O)CCOCCOCCOCCOCCNc2cccc3c2C(=O)N(C2CCC(=O)NC2=O)C3=O)CC1. The second kappa shape index (κ2) is 25.3. The van der Waals surface area contributed by atoms with E-state index in [-0.39, 0.29) is 41.3 Å². The number of amides is 6. The molecule has 0 saturated carbocycles. The first-order valence-electron chi connectivity index (χ1n) is 23.0. The zero-order valence-electron chi connectivity index (χ0n) is 38.5. The second-order valence-electron chi connectivity index (χ2n) is 16.3. The van der Waals surface area contributed by atoms with Crippen molar-refractivity contribution in [3.05, 3.63) is 89.5 Å². The van der Waals surface area contributed by atoms with Gasteiger partial charge in [-0.15, -0.1) is 0 Å². The number of hydrogen-bond donors (Lipinski definition) is 4. The van der Waals surface area contributed by atoms with E-state index in [1.54, 1.807) is 30.3 Å². The van der Waals surface area contributed by atoms with Gasteiger partial charge in [0.15, 0.2) is 0 Å². The Labute approximate surface area is 408 Å². The van der Waals surface area contributed by atoms with Gasteiger partial charge in [-0.25, -0.2) is 14.4 Å². The van der Waals surface area contributed by atoms with Crippen molar-refractivity contribution in [2.75, 3.05) is 115 Å². The number of benzene rings is 3. The van der Waals surface area contributed by atoms with Crippen molar-refractivity contribution in [3.63, 3.8) is 0 Å². The van der Waals surface area contributed by atoms with Crippen molar-refractivity contribution < 1.29 is 56.8 Å². The first-order valence-corrected chi connectivity index (χ1v) is 23.3. The van der Waals surface area contributed by atoms with Gasteiger partial charge in [-0.1, -0.05) is 24.2 Å². The smallest absolute Gasteiger partial charge is 0.264 e. The van der Waals surface area contributed by atoms with Crippen LogP contribution in [-0.2, 0) is 38.1 Å². The summed E-state index contributed by atoms with van der Waals surface area (Å²) in [5, 5.41) is 11.8. The number of imide groups is 2.